The number of hydrogen-bond acceptors (Lipinski definition) is 6. The summed E-state index contributed by atoms with van der Waals surface area (Å²) < 4.78 is 1.55. The molecule has 188 valence electrons. The Balaban J connectivity index is 1.22. The van der Waals surface area contributed by atoms with E-state index in [9.17, 15) is 14.9 Å². The Hall–Kier alpha value is -4.50. The Morgan fingerprint density at radius 2 is 1.68 bits per heavy atom. The Labute approximate surface area is 215 Å². The topological polar surface area (TPSA) is 96.5 Å². The van der Waals surface area contributed by atoms with Crippen molar-refractivity contribution in [3.8, 4) is 5.69 Å². The van der Waals surface area contributed by atoms with Crippen LogP contribution in [-0.4, -0.2) is 51.5 Å². The molecule has 9 heteroatoms. The van der Waals surface area contributed by atoms with E-state index < -0.39 is 4.92 Å². The third-order valence-corrected chi connectivity index (χ3v) is 6.66. The van der Waals surface area contributed by atoms with Crippen LogP contribution >= 0.6 is 0 Å². The summed E-state index contributed by atoms with van der Waals surface area (Å²) in [5, 5.41) is 14.6. The van der Waals surface area contributed by atoms with Gasteiger partial charge in [0.15, 0.2) is 0 Å². The highest BCUT2D eigenvalue weighted by atomic mass is 16.6. The average Bonchev–Trinajstić information content (AvgIpc) is 3.48. The molecule has 0 radical (unpaired) electrons. The average molecular weight is 497 g/mol. The van der Waals surface area contributed by atoms with Crippen LogP contribution in [0.2, 0.25) is 0 Å². The zero-order valence-electron chi connectivity index (χ0n) is 20.4. The Bertz CT molecular complexity index is 1370. The van der Waals surface area contributed by atoms with Crippen molar-refractivity contribution in [1.29, 1.82) is 0 Å². The van der Waals surface area contributed by atoms with E-state index in [2.05, 4.69) is 50.4 Å². The Morgan fingerprint density at radius 1 is 0.946 bits per heavy atom. The second kappa shape index (κ2) is 11.0. The van der Waals surface area contributed by atoms with Crippen molar-refractivity contribution in [2.45, 2.75) is 13.1 Å². The van der Waals surface area contributed by atoms with Gasteiger partial charge in [-0.15, -0.1) is 0 Å². The maximum Gasteiger partial charge on any atom is 0.294 e. The molecular weight excluding hydrogens is 468 g/mol. The predicted octanol–water partition coefficient (Wildman–Crippen LogP) is 4.03. The first kappa shape index (κ1) is 24.2. The Morgan fingerprint density at radius 3 is 2.38 bits per heavy atom. The second-order valence-electron chi connectivity index (χ2n) is 8.98. The lowest BCUT2D eigenvalue weighted by Gasteiger charge is -2.36. The van der Waals surface area contributed by atoms with Crippen molar-refractivity contribution in [1.82, 2.24) is 19.8 Å². The smallest absolute Gasteiger partial charge is 0.294 e. The molecule has 1 aliphatic rings. The van der Waals surface area contributed by atoms with Gasteiger partial charge in [0.1, 0.15) is 5.69 Å². The minimum absolute atomic E-state index is 0.152. The summed E-state index contributed by atoms with van der Waals surface area (Å²) in [5.74, 6) is -0.355. The number of nitro groups is 1. The van der Waals surface area contributed by atoms with E-state index >= 15 is 0 Å². The molecule has 0 spiro atoms. The summed E-state index contributed by atoms with van der Waals surface area (Å²) in [6, 6.07) is 23.0. The van der Waals surface area contributed by atoms with Gasteiger partial charge in [-0.2, -0.15) is 0 Å². The number of nitrogens with one attached hydrogen (secondary N) is 1. The first-order chi connectivity index (χ1) is 18.1. The molecule has 1 aromatic heterocycles. The molecule has 9 nitrogen and oxygen atoms in total. The van der Waals surface area contributed by atoms with Gasteiger partial charge in [0.05, 0.1) is 11.3 Å². The fraction of sp³-hybridized carbons (Fsp3) is 0.214. The van der Waals surface area contributed by atoms with E-state index in [1.54, 1.807) is 29.1 Å². The third kappa shape index (κ3) is 5.68. The molecule has 0 unspecified atom stereocenters. The van der Waals surface area contributed by atoms with E-state index in [1.807, 2.05) is 24.3 Å². The van der Waals surface area contributed by atoms with Crippen molar-refractivity contribution in [2.75, 3.05) is 31.1 Å². The zero-order chi connectivity index (χ0) is 25.6. The molecule has 0 atom stereocenters. The lowest BCUT2D eigenvalue weighted by atomic mass is 10.1. The van der Waals surface area contributed by atoms with Crippen molar-refractivity contribution in [2.24, 2.45) is 0 Å². The number of amides is 1. The quantitative estimate of drug-likeness (QED) is 0.292. The lowest BCUT2D eigenvalue weighted by Crippen LogP contribution is -2.46. The number of nitro benzene ring substituents is 1. The monoisotopic (exact) mass is 496 g/mol. The number of nitrogens with zero attached hydrogens (tertiary/aromatic N) is 5. The molecule has 37 heavy (non-hydrogen) atoms. The summed E-state index contributed by atoms with van der Waals surface area (Å²) in [6.45, 7) is 5.01. The van der Waals surface area contributed by atoms with E-state index in [1.165, 1.54) is 18.1 Å². The number of piperazine rings is 1. The van der Waals surface area contributed by atoms with Crippen LogP contribution in [0.5, 0.6) is 0 Å². The minimum atomic E-state index is -0.487. The normalized spacial score (nSPS) is 13.9. The molecule has 5 rings (SSSR count). The minimum Gasteiger partial charge on any atom is -0.369 e. The van der Waals surface area contributed by atoms with Crippen LogP contribution in [0.25, 0.3) is 5.69 Å². The van der Waals surface area contributed by atoms with E-state index in [0.717, 1.165) is 43.9 Å². The molecule has 2 heterocycles. The number of para-hydroxylation sites is 1. The van der Waals surface area contributed by atoms with Crippen LogP contribution in [0, 0.1) is 10.1 Å². The standard InChI is InChI=1S/C28H28N6O3/c35-28(22-10-11-26(27(18-22)34(36)37)33-13-12-29-21-33)30-19-23-6-4-5-7-24(23)20-31-14-16-32(17-15-31)25-8-2-1-3-9-25/h1-13,18,21H,14-17,19-20H2,(H,30,35). The van der Waals surface area contributed by atoms with Gasteiger partial charge in [-0.05, 0) is 35.4 Å². The highest BCUT2D eigenvalue weighted by Crippen LogP contribution is 2.24. The predicted molar refractivity (Wildman–Crippen MR) is 142 cm³/mol. The molecule has 1 N–H and O–H groups in total. The van der Waals surface area contributed by atoms with Crippen molar-refractivity contribution < 1.29 is 9.72 Å². The van der Waals surface area contributed by atoms with E-state index in [0.29, 0.717) is 12.2 Å². The van der Waals surface area contributed by atoms with Crippen LogP contribution in [-0.2, 0) is 13.1 Å². The van der Waals surface area contributed by atoms with Gasteiger partial charge >= 0.3 is 0 Å². The number of carbonyl (C=O) groups is 1. The maximum absolute atomic E-state index is 12.9. The molecule has 1 aliphatic heterocycles. The summed E-state index contributed by atoms with van der Waals surface area (Å²) >= 11 is 0. The summed E-state index contributed by atoms with van der Waals surface area (Å²) in [5.41, 5.74) is 3.90. The number of carbonyl (C=O) groups excluding carboxylic acids is 1. The van der Waals surface area contributed by atoms with Crippen LogP contribution in [0.1, 0.15) is 21.5 Å². The first-order valence-corrected chi connectivity index (χ1v) is 12.2. The lowest BCUT2D eigenvalue weighted by molar-refractivity contribution is -0.384. The number of imidazole rings is 1. The van der Waals surface area contributed by atoms with Gasteiger partial charge in [0, 0.05) is 69.0 Å². The van der Waals surface area contributed by atoms with Crippen molar-refractivity contribution >= 4 is 17.3 Å². The van der Waals surface area contributed by atoms with Gasteiger partial charge in [0.2, 0.25) is 0 Å². The molecule has 4 aromatic rings. The van der Waals surface area contributed by atoms with Gasteiger partial charge in [-0.3, -0.25) is 19.8 Å². The van der Waals surface area contributed by atoms with E-state index in [4.69, 9.17) is 0 Å². The third-order valence-electron chi connectivity index (χ3n) is 6.66. The molecule has 1 fully saturated rings. The van der Waals surface area contributed by atoms with Gasteiger partial charge in [-0.1, -0.05) is 42.5 Å². The highest BCUT2D eigenvalue weighted by Gasteiger charge is 2.20. The number of rotatable bonds is 8. The summed E-state index contributed by atoms with van der Waals surface area (Å²) in [4.78, 5) is 32.8. The van der Waals surface area contributed by atoms with Gasteiger partial charge < -0.3 is 14.8 Å². The zero-order valence-corrected chi connectivity index (χ0v) is 20.4. The van der Waals surface area contributed by atoms with E-state index in [-0.39, 0.29) is 17.2 Å². The van der Waals surface area contributed by atoms with Crippen LogP contribution in [0.15, 0.2) is 91.5 Å². The van der Waals surface area contributed by atoms with Crippen molar-refractivity contribution in [3.63, 3.8) is 0 Å². The fourth-order valence-electron chi connectivity index (χ4n) is 4.64. The number of benzene rings is 3. The highest BCUT2D eigenvalue weighted by molar-refractivity contribution is 5.95. The maximum atomic E-state index is 12.9. The molecule has 3 aromatic carbocycles. The molecule has 0 saturated carbocycles. The molecule has 1 saturated heterocycles. The Kier molecular flexibility index (Phi) is 7.23. The van der Waals surface area contributed by atoms with Gasteiger partial charge in [-0.25, -0.2) is 4.98 Å². The fourth-order valence-corrected chi connectivity index (χ4v) is 4.64. The van der Waals surface area contributed by atoms with Crippen LogP contribution < -0.4 is 10.2 Å². The van der Waals surface area contributed by atoms with Crippen LogP contribution in [0.4, 0.5) is 11.4 Å². The summed E-state index contributed by atoms with van der Waals surface area (Å²) in [6.07, 6.45) is 4.66. The SMILES string of the molecule is O=C(NCc1ccccc1CN1CCN(c2ccccc2)CC1)c1ccc(-n2ccnc2)c([N+](=O)[O-])c1. The van der Waals surface area contributed by atoms with Crippen LogP contribution in [0.3, 0.4) is 0 Å². The van der Waals surface area contributed by atoms with Crippen molar-refractivity contribution in [3.05, 3.63) is 118 Å². The van der Waals surface area contributed by atoms with Gasteiger partial charge in [0.25, 0.3) is 11.6 Å². The number of anilines is 1. The number of hydrogen-bond donors (Lipinski definition) is 1. The second-order valence-corrected chi connectivity index (χ2v) is 8.98. The largest absolute Gasteiger partial charge is 0.369 e. The summed E-state index contributed by atoms with van der Waals surface area (Å²) in [7, 11) is 0. The molecular formula is C28H28N6O3. The molecule has 0 bridgehead atoms. The molecule has 0 aliphatic carbocycles. The first-order valence-electron chi connectivity index (χ1n) is 12.2. The number of aromatic nitrogens is 2. The molecule has 1 amide bonds.